The van der Waals surface area contributed by atoms with Gasteiger partial charge in [-0.3, -0.25) is 4.98 Å². The van der Waals surface area contributed by atoms with Crippen molar-refractivity contribution in [2.75, 3.05) is 12.4 Å². The summed E-state index contributed by atoms with van der Waals surface area (Å²) in [6.07, 6.45) is 4.50. The molecule has 154 valence electrons. The summed E-state index contributed by atoms with van der Waals surface area (Å²) in [5.74, 6) is 0. The molecular weight excluding hydrogens is 445 g/mol. The zero-order valence-corrected chi connectivity index (χ0v) is 18.1. The lowest BCUT2D eigenvalue weighted by Gasteiger charge is -2.10. The van der Waals surface area contributed by atoms with Crippen molar-refractivity contribution < 1.29 is 8.42 Å². The minimum Gasteiger partial charge on any atom is -0.353 e. The van der Waals surface area contributed by atoms with Crippen molar-refractivity contribution in [1.29, 1.82) is 0 Å². The van der Waals surface area contributed by atoms with Crippen LogP contribution in [0.15, 0.2) is 66.0 Å². The third kappa shape index (κ3) is 3.87. The molecule has 4 rings (SSSR count). The summed E-state index contributed by atoms with van der Waals surface area (Å²) in [6.45, 7) is 0.520. The summed E-state index contributed by atoms with van der Waals surface area (Å²) in [7, 11) is -2.01. The Hall–Kier alpha value is -2.65. The van der Waals surface area contributed by atoms with Crippen molar-refractivity contribution in [2.24, 2.45) is 0 Å². The summed E-state index contributed by atoms with van der Waals surface area (Å²) in [5, 5.41) is 7.56. The Labute approximate surface area is 183 Å². The average Bonchev–Trinajstić information content (AvgIpc) is 3.10. The van der Waals surface area contributed by atoms with Gasteiger partial charge in [-0.05, 0) is 49.0 Å². The number of benzene rings is 1. The Balaban J connectivity index is 1.85. The zero-order valence-electron chi connectivity index (χ0n) is 15.8. The fraction of sp³-hybridized carbons (Fsp3) is 0.100. The Morgan fingerprint density at radius 2 is 1.97 bits per heavy atom. The Bertz CT molecular complexity index is 1320. The normalized spacial score (nSPS) is 11.7. The predicted octanol–water partition coefficient (Wildman–Crippen LogP) is 4.44. The molecule has 0 atom stereocenters. The van der Waals surface area contributed by atoms with Crippen LogP contribution in [0.4, 0.5) is 11.4 Å². The molecule has 0 aliphatic carbocycles. The van der Waals surface area contributed by atoms with Crippen LogP contribution in [0.3, 0.4) is 0 Å². The third-order valence-electron chi connectivity index (χ3n) is 4.51. The van der Waals surface area contributed by atoms with E-state index in [0.29, 0.717) is 23.4 Å². The molecule has 3 aromatic heterocycles. The van der Waals surface area contributed by atoms with Gasteiger partial charge in [0.15, 0.2) is 5.15 Å². The first-order chi connectivity index (χ1) is 14.4. The molecule has 4 aromatic rings. The minimum atomic E-state index is -3.82. The Kier molecular flexibility index (Phi) is 5.66. The van der Waals surface area contributed by atoms with E-state index in [9.17, 15) is 8.42 Å². The number of halogens is 2. The maximum absolute atomic E-state index is 13.3. The van der Waals surface area contributed by atoms with Crippen LogP contribution in [-0.2, 0) is 16.6 Å². The van der Waals surface area contributed by atoms with Crippen LogP contribution in [0.5, 0.6) is 0 Å². The fourth-order valence-electron chi connectivity index (χ4n) is 3.15. The highest BCUT2D eigenvalue weighted by molar-refractivity contribution is 7.90. The molecule has 0 fully saturated rings. The van der Waals surface area contributed by atoms with Crippen LogP contribution < -0.4 is 10.6 Å². The highest BCUT2D eigenvalue weighted by Gasteiger charge is 2.21. The predicted molar refractivity (Wildman–Crippen MR) is 119 cm³/mol. The minimum absolute atomic E-state index is 0.112. The molecule has 3 heterocycles. The van der Waals surface area contributed by atoms with E-state index in [1.165, 1.54) is 22.4 Å². The van der Waals surface area contributed by atoms with Gasteiger partial charge in [0.25, 0.3) is 10.0 Å². The Morgan fingerprint density at radius 1 is 1.13 bits per heavy atom. The van der Waals surface area contributed by atoms with E-state index in [1.54, 1.807) is 30.5 Å². The molecule has 1 aromatic carbocycles. The second kappa shape index (κ2) is 8.23. The quantitative estimate of drug-likeness (QED) is 0.412. The van der Waals surface area contributed by atoms with E-state index >= 15 is 0 Å². The molecule has 0 bridgehead atoms. The van der Waals surface area contributed by atoms with Crippen LogP contribution in [-0.4, -0.2) is 29.4 Å². The summed E-state index contributed by atoms with van der Waals surface area (Å²) in [4.78, 5) is 8.06. The molecule has 0 aliphatic heterocycles. The Morgan fingerprint density at radius 3 is 2.67 bits per heavy atom. The molecule has 0 saturated carbocycles. The van der Waals surface area contributed by atoms with E-state index in [4.69, 9.17) is 23.2 Å². The van der Waals surface area contributed by atoms with E-state index < -0.39 is 10.0 Å². The molecule has 0 unspecified atom stereocenters. The number of nitrogens with one attached hydrogen (secondary N) is 2. The first-order valence-electron chi connectivity index (χ1n) is 8.93. The number of aromatic nitrogens is 3. The number of nitrogens with zero attached hydrogens (tertiary/aromatic N) is 3. The number of rotatable bonds is 6. The number of hydrogen-bond acceptors (Lipinski definition) is 6. The van der Waals surface area contributed by atoms with E-state index in [-0.39, 0.29) is 15.2 Å². The van der Waals surface area contributed by atoms with E-state index in [1.807, 2.05) is 19.2 Å². The second-order valence-electron chi connectivity index (χ2n) is 6.50. The van der Waals surface area contributed by atoms with E-state index in [0.717, 1.165) is 10.9 Å². The third-order valence-corrected chi connectivity index (χ3v) is 6.66. The molecular formula is C20H17Cl2N5O2S. The van der Waals surface area contributed by atoms with Crippen LogP contribution in [0.2, 0.25) is 10.3 Å². The van der Waals surface area contributed by atoms with E-state index in [2.05, 4.69) is 20.6 Å². The van der Waals surface area contributed by atoms with Crippen molar-refractivity contribution in [3.05, 3.63) is 76.9 Å². The maximum Gasteiger partial charge on any atom is 0.269 e. The molecule has 2 N–H and O–H groups in total. The number of fused-ring (bicyclic) bond motifs is 1. The number of anilines is 2. The smallest absolute Gasteiger partial charge is 0.269 e. The monoisotopic (exact) mass is 461 g/mol. The van der Waals surface area contributed by atoms with Crippen molar-refractivity contribution in [1.82, 2.24) is 19.3 Å². The molecule has 0 amide bonds. The van der Waals surface area contributed by atoms with Gasteiger partial charge in [-0.1, -0.05) is 29.3 Å². The van der Waals surface area contributed by atoms with Crippen molar-refractivity contribution >= 4 is 55.5 Å². The van der Waals surface area contributed by atoms with Gasteiger partial charge in [0.1, 0.15) is 10.0 Å². The van der Waals surface area contributed by atoms with Gasteiger partial charge in [-0.15, -0.1) is 0 Å². The first-order valence-corrected chi connectivity index (χ1v) is 11.1. The molecule has 0 radical (unpaired) electrons. The summed E-state index contributed by atoms with van der Waals surface area (Å²) in [6, 6.07) is 11.9. The summed E-state index contributed by atoms with van der Waals surface area (Å²) in [5.41, 5.74) is 2.61. The maximum atomic E-state index is 13.3. The molecule has 7 nitrogen and oxygen atoms in total. The van der Waals surface area contributed by atoms with Gasteiger partial charge in [-0.2, -0.15) is 0 Å². The van der Waals surface area contributed by atoms with Crippen LogP contribution >= 0.6 is 23.2 Å². The largest absolute Gasteiger partial charge is 0.353 e. The van der Waals surface area contributed by atoms with Gasteiger partial charge < -0.3 is 10.6 Å². The molecule has 0 aliphatic rings. The summed E-state index contributed by atoms with van der Waals surface area (Å²) >= 11 is 12.0. The first kappa shape index (κ1) is 20.6. The molecule has 0 spiro atoms. The topological polar surface area (TPSA) is 88.9 Å². The lowest BCUT2D eigenvalue weighted by atomic mass is 10.1. The van der Waals surface area contributed by atoms with Crippen molar-refractivity contribution in [2.45, 2.75) is 11.4 Å². The van der Waals surface area contributed by atoms with Gasteiger partial charge in [0.2, 0.25) is 0 Å². The standard InChI is InChI=1S/C20H17Cl2N5O2S/c1-23-10-13-12-27(30(28,29)15-3-2-8-24-11-15)18-9-14(4-5-16(13)18)25-17-6-7-19(21)26-20(17)22/h2-9,11-12,23,25H,10H2,1H3. The van der Waals surface area contributed by atoms with Crippen molar-refractivity contribution in [3.8, 4) is 0 Å². The lowest BCUT2D eigenvalue weighted by Crippen LogP contribution is -2.12. The molecule has 0 saturated heterocycles. The zero-order chi connectivity index (χ0) is 21.3. The number of pyridine rings is 2. The van der Waals surface area contributed by atoms with Crippen molar-refractivity contribution in [3.63, 3.8) is 0 Å². The fourth-order valence-corrected chi connectivity index (χ4v) is 4.89. The SMILES string of the molecule is CNCc1cn(S(=O)(=O)c2cccnc2)c2cc(Nc3ccc(Cl)nc3Cl)ccc12. The van der Waals surface area contributed by atoms with Gasteiger partial charge in [-0.25, -0.2) is 17.4 Å². The molecule has 10 heteroatoms. The van der Waals surface area contributed by atoms with Crippen LogP contribution in [0.1, 0.15) is 5.56 Å². The van der Waals surface area contributed by atoms with Gasteiger partial charge in [0.05, 0.1) is 11.2 Å². The lowest BCUT2D eigenvalue weighted by molar-refractivity contribution is 0.588. The second-order valence-corrected chi connectivity index (χ2v) is 9.06. The van der Waals surface area contributed by atoms with Crippen LogP contribution in [0.25, 0.3) is 10.9 Å². The average molecular weight is 462 g/mol. The van der Waals surface area contributed by atoms with Crippen LogP contribution in [0, 0.1) is 0 Å². The van der Waals surface area contributed by atoms with Gasteiger partial charge in [0, 0.05) is 36.2 Å². The summed E-state index contributed by atoms with van der Waals surface area (Å²) < 4.78 is 27.8. The highest BCUT2D eigenvalue weighted by Crippen LogP contribution is 2.31. The number of hydrogen-bond donors (Lipinski definition) is 2. The highest BCUT2D eigenvalue weighted by atomic mass is 35.5. The van der Waals surface area contributed by atoms with Gasteiger partial charge >= 0.3 is 0 Å². The molecule has 30 heavy (non-hydrogen) atoms.